The molecular weight excluding hydrogens is 306 g/mol. The molecule has 2 aliphatic heterocycles. The van der Waals surface area contributed by atoms with E-state index in [2.05, 4.69) is 16.3 Å². The summed E-state index contributed by atoms with van der Waals surface area (Å²) in [5.41, 5.74) is 1.34. The van der Waals surface area contributed by atoms with Crippen LogP contribution in [-0.4, -0.2) is 33.7 Å². The van der Waals surface area contributed by atoms with E-state index in [-0.39, 0.29) is 5.56 Å². The van der Waals surface area contributed by atoms with Gasteiger partial charge in [-0.1, -0.05) is 25.3 Å². The lowest BCUT2D eigenvalue weighted by Crippen LogP contribution is -2.53. The van der Waals surface area contributed by atoms with Gasteiger partial charge in [-0.05, 0) is 43.5 Å². The van der Waals surface area contributed by atoms with Crippen LogP contribution >= 0.6 is 12.2 Å². The van der Waals surface area contributed by atoms with E-state index in [4.69, 9.17) is 12.2 Å². The molecule has 1 aliphatic carbocycles. The number of piperidine rings is 1. The molecule has 23 heavy (non-hydrogen) atoms. The van der Waals surface area contributed by atoms with Crippen molar-refractivity contribution in [2.45, 2.75) is 57.0 Å². The Morgan fingerprint density at radius 2 is 1.96 bits per heavy atom. The molecule has 2 bridgehead atoms. The van der Waals surface area contributed by atoms with E-state index in [1.807, 2.05) is 10.6 Å². The minimum Gasteiger partial charge on any atom is -0.360 e. The van der Waals surface area contributed by atoms with Gasteiger partial charge in [0.1, 0.15) is 0 Å². The van der Waals surface area contributed by atoms with Gasteiger partial charge in [-0.25, -0.2) is 0 Å². The molecule has 1 saturated heterocycles. The molecule has 3 heterocycles. The highest BCUT2D eigenvalue weighted by molar-refractivity contribution is 7.80. The molecule has 0 amide bonds. The topological polar surface area (TPSA) is 37.3 Å². The zero-order valence-corrected chi connectivity index (χ0v) is 14.4. The Labute approximate surface area is 142 Å². The van der Waals surface area contributed by atoms with Gasteiger partial charge in [0.2, 0.25) is 0 Å². The van der Waals surface area contributed by atoms with Gasteiger partial charge >= 0.3 is 0 Å². The molecule has 0 aromatic carbocycles. The molecule has 0 spiro atoms. The third-order valence-electron chi connectivity index (χ3n) is 5.70. The van der Waals surface area contributed by atoms with Gasteiger partial charge in [0.15, 0.2) is 5.11 Å². The van der Waals surface area contributed by atoms with E-state index < -0.39 is 0 Å². The second-order valence-corrected chi connectivity index (χ2v) is 7.77. The first-order valence-corrected chi connectivity index (χ1v) is 9.37. The molecule has 4 nitrogen and oxygen atoms in total. The molecule has 1 N–H and O–H groups in total. The molecule has 124 valence electrons. The smallest absolute Gasteiger partial charge is 0.250 e. The quantitative estimate of drug-likeness (QED) is 0.802. The summed E-state index contributed by atoms with van der Waals surface area (Å²) in [5, 5.41) is 4.53. The van der Waals surface area contributed by atoms with Crippen molar-refractivity contribution in [1.29, 1.82) is 0 Å². The van der Waals surface area contributed by atoms with Crippen molar-refractivity contribution >= 4 is 17.3 Å². The number of pyridine rings is 1. The van der Waals surface area contributed by atoms with Crippen molar-refractivity contribution in [3.8, 4) is 0 Å². The first kappa shape index (κ1) is 15.2. The van der Waals surface area contributed by atoms with Crippen LogP contribution in [0.2, 0.25) is 0 Å². The monoisotopic (exact) mass is 331 g/mol. The van der Waals surface area contributed by atoms with Crippen LogP contribution < -0.4 is 10.9 Å². The molecule has 1 aromatic heterocycles. The zero-order chi connectivity index (χ0) is 15.8. The second kappa shape index (κ2) is 6.27. The maximum atomic E-state index is 12.1. The lowest BCUT2D eigenvalue weighted by molar-refractivity contribution is 0.175. The summed E-state index contributed by atoms with van der Waals surface area (Å²) >= 11 is 5.70. The van der Waals surface area contributed by atoms with E-state index in [9.17, 15) is 4.79 Å². The molecule has 3 aliphatic rings. The van der Waals surface area contributed by atoms with Crippen LogP contribution in [0.3, 0.4) is 0 Å². The highest BCUT2D eigenvalue weighted by Gasteiger charge is 2.35. The molecule has 0 unspecified atom stereocenters. The number of fused-ring (bicyclic) bond motifs is 4. The normalized spacial score (nSPS) is 27.4. The highest BCUT2D eigenvalue weighted by atomic mass is 32.1. The van der Waals surface area contributed by atoms with Crippen LogP contribution in [-0.2, 0) is 6.54 Å². The standard InChI is InChI=1S/C18H25N3OS/c22-17-8-4-7-16-14-9-13(11-21(16)17)10-20(12-14)18(23)19-15-5-2-1-3-6-15/h4,7-8,13-15H,1-3,5-6,9-12H2,(H,19,23)/t13-,14+/m1/s1. The number of nitrogens with zero attached hydrogens (tertiary/aromatic N) is 2. The van der Waals surface area contributed by atoms with Crippen molar-refractivity contribution in [1.82, 2.24) is 14.8 Å². The number of rotatable bonds is 1. The van der Waals surface area contributed by atoms with Crippen LogP contribution in [0.15, 0.2) is 23.0 Å². The van der Waals surface area contributed by atoms with Crippen molar-refractivity contribution < 1.29 is 0 Å². The fourth-order valence-electron chi connectivity index (χ4n) is 4.58. The minimum absolute atomic E-state index is 0.147. The number of aromatic nitrogens is 1. The molecule has 1 aromatic rings. The zero-order valence-electron chi connectivity index (χ0n) is 13.5. The maximum absolute atomic E-state index is 12.1. The second-order valence-electron chi connectivity index (χ2n) is 7.39. The fourth-order valence-corrected chi connectivity index (χ4v) is 4.89. The first-order chi connectivity index (χ1) is 11.2. The Morgan fingerprint density at radius 1 is 1.13 bits per heavy atom. The Morgan fingerprint density at radius 3 is 2.78 bits per heavy atom. The van der Waals surface area contributed by atoms with Gasteiger partial charge in [-0.15, -0.1) is 0 Å². The van der Waals surface area contributed by atoms with Crippen LogP contribution in [0.5, 0.6) is 0 Å². The first-order valence-electron chi connectivity index (χ1n) is 8.96. The molecule has 2 fully saturated rings. The molecule has 0 radical (unpaired) electrons. The lowest BCUT2D eigenvalue weighted by atomic mass is 9.83. The van der Waals surface area contributed by atoms with E-state index in [1.54, 1.807) is 6.07 Å². The van der Waals surface area contributed by atoms with Gasteiger partial charge in [0, 0.05) is 43.4 Å². The number of nitrogens with one attached hydrogen (secondary N) is 1. The largest absolute Gasteiger partial charge is 0.360 e. The molecule has 5 heteroatoms. The number of thiocarbonyl (C=S) groups is 1. The van der Waals surface area contributed by atoms with Crippen molar-refractivity contribution in [2.75, 3.05) is 13.1 Å². The van der Waals surface area contributed by atoms with Gasteiger partial charge in [0.05, 0.1) is 0 Å². The van der Waals surface area contributed by atoms with Crippen LogP contribution in [0.4, 0.5) is 0 Å². The highest BCUT2D eigenvalue weighted by Crippen LogP contribution is 2.35. The summed E-state index contributed by atoms with van der Waals surface area (Å²) in [6, 6.07) is 6.25. The summed E-state index contributed by atoms with van der Waals surface area (Å²) in [6.45, 7) is 2.77. The number of likely N-dealkylation sites (tertiary alicyclic amines) is 1. The summed E-state index contributed by atoms with van der Waals surface area (Å²) in [5.74, 6) is 0.968. The van der Waals surface area contributed by atoms with Crippen LogP contribution in [0, 0.1) is 5.92 Å². The maximum Gasteiger partial charge on any atom is 0.250 e. The van der Waals surface area contributed by atoms with Crippen molar-refractivity contribution in [3.63, 3.8) is 0 Å². The molecule has 2 atom stereocenters. The minimum atomic E-state index is 0.147. The Bertz CT molecular complexity index is 650. The fraction of sp³-hybridized carbons (Fsp3) is 0.667. The average molecular weight is 331 g/mol. The van der Waals surface area contributed by atoms with E-state index in [1.165, 1.54) is 44.2 Å². The van der Waals surface area contributed by atoms with Gasteiger partial charge in [-0.2, -0.15) is 0 Å². The molecule has 1 saturated carbocycles. The summed E-state index contributed by atoms with van der Waals surface area (Å²) in [7, 11) is 0. The average Bonchev–Trinajstić information content (AvgIpc) is 2.57. The van der Waals surface area contributed by atoms with Crippen LogP contribution in [0.1, 0.15) is 50.1 Å². The van der Waals surface area contributed by atoms with Crippen LogP contribution in [0.25, 0.3) is 0 Å². The third-order valence-corrected chi connectivity index (χ3v) is 6.08. The number of hydrogen-bond acceptors (Lipinski definition) is 2. The SMILES string of the molecule is O=c1cccc2n1C[C@@H]1C[C@H]2CN(C(=S)NC2CCCCC2)C1. The van der Waals surface area contributed by atoms with E-state index in [0.29, 0.717) is 17.9 Å². The van der Waals surface area contributed by atoms with Crippen molar-refractivity contribution in [2.24, 2.45) is 5.92 Å². The predicted octanol–water partition coefficient (Wildman–Crippen LogP) is 2.47. The van der Waals surface area contributed by atoms with Gasteiger partial charge < -0.3 is 14.8 Å². The summed E-state index contributed by atoms with van der Waals surface area (Å²) in [6.07, 6.45) is 7.69. The Balaban J connectivity index is 1.47. The molecule has 4 rings (SSSR count). The number of hydrogen-bond donors (Lipinski definition) is 1. The summed E-state index contributed by atoms with van der Waals surface area (Å²) in [4.78, 5) is 14.4. The summed E-state index contributed by atoms with van der Waals surface area (Å²) < 4.78 is 1.98. The van der Waals surface area contributed by atoms with Gasteiger partial charge in [-0.3, -0.25) is 4.79 Å². The lowest BCUT2D eigenvalue weighted by Gasteiger charge is -2.44. The van der Waals surface area contributed by atoms with E-state index in [0.717, 1.165) is 24.7 Å². The third kappa shape index (κ3) is 3.03. The molecular formula is C18H25N3OS. The Kier molecular flexibility index (Phi) is 4.14. The van der Waals surface area contributed by atoms with E-state index >= 15 is 0 Å². The van der Waals surface area contributed by atoms with Crippen molar-refractivity contribution in [3.05, 3.63) is 34.2 Å². The Hall–Kier alpha value is -1.36. The predicted molar refractivity (Wildman–Crippen MR) is 95.7 cm³/mol. The van der Waals surface area contributed by atoms with Gasteiger partial charge in [0.25, 0.3) is 5.56 Å².